The lowest BCUT2D eigenvalue weighted by molar-refractivity contribution is -0.0948. The van der Waals surface area contributed by atoms with Crippen LogP contribution in [-0.2, 0) is 0 Å². The highest BCUT2D eigenvalue weighted by atomic mass is 19.4. The fraction of sp³-hybridized carbons (Fsp3) is 0.625. The number of hydrogen-bond acceptors (Lipinski definition) is 0. The first-order chi connectivity index (χ1) is 5.00. The summed E-state index contributed by atoms with van der Waals surface area (Å²) >= 11 is 0. The van der Waals surface area contributed by atoms with Crippen LogP contribution in [0.5, 0.6) is 0 Å². The summed E-state index contributed by atoms with van der Waals surface area (Å²) in [4.78, 5) is 0. The van der Waals surface area contributed by atoms with Gasteiger partial charge in [-0.3, -0.25) is 0 Å². The van der Waals surface area contributed by atoms with Gasteiger partial charge in [-0.2, -0.15) is 0 Å². The van der Waals surface area contributed by atoms with Gasteiger partial charge in [-0.25, -0.2) is 0 Å². The first-order valence-corrected chi connectivity index (χ1v) is 3.60. The highest BCUT2D eigenvalue weighted by Gasteiger charge is 2.42. The molecule has 3 heteroatoms. The molecule has 11 heavy (non-hydrogen) atoms. The Bertz CT molecular complexity index is 167. The molecule has 0 fully saturated rings. The van der Waals surface area contributed by atoms with Gasteiger partial charge in [0.1, 0.15) is 6.08 Å². The van der Waals surface area contributed by atoms with Crippen molar-refractivity contribution in [2.75, 3.05) is 0 Å². The molecule has 0 nitrogen and oxygen atoms in total. The van der Waals surface area contributed by atoms with Crippen molar-refractivity contribution in [3.05, 3.63) is 17.6 Å². The van der Waals surface area contributed by atoms with Crippen LogP contribution in [0.15, 0.2) is 11.6 Å². The number of alkyl halides is 3. The third kappa shape index (κ3) is 2.17. The molecule has 1 aliphatic carbocycles. The predicted octanol–water partition coefficient (Wildman–Crippen LogP) is 3.25. The van der Waals surface area contributed by atoms with Gasteiger partial charge in [-0.1, -0.05) is 0 Å². The zero-order valence-electron chi connectivity index (χ0n) is 6.33. The van der Waals surface area contributed by atoms with Gasteiger partial charge in [0, 0.05) is 19.8 Å². The zero-order chi connectivity index (χ0) is 8.48. The third-order valence-electron chi connectivity index (χ3n) is 1.80. The molecule has 1 aliphatic rings. The van der Waals surface area contributed by atoms with Crippen molar-refractivity contribution in [3.63, 3.8) is 0 Å². The largest absolute Gasteiger partial charge is 0.486 e. The van der Waals surface area contributed by atoms with Gasteiger partial charge in [0.25, 0.3) is 0 Å². The number of allylic oxidation sites excluding steroid dienone is 2. The molecule has 0 spiro atoms. The van der Waals surface area contributed by atoms with Crippen LogP contribution in [0, 0.1) is 5.92 Å². The van der Waals surface area contributed by atoms with E-state index in [0.29, 0.717) is 6.42 Å². The Hall–Kier alpha value is -0.600. The van der Waals surface area contributed by atoms with Crippen molar-refractivity contribution in [1.29, 1.82) is 0 Å². The minimum atomic E-state index is -4.11. The molecule has 0 saturated carbocycles. The Morgan fingerprint density at radius 1 is 1.45 bits per heavy atom. The maximum atomic E-state index is 12.0. The molecule has 0 amide bonds. The molecule has 0 radical (unpaired) electrons. The highest BCUT2D eigenvalue weighted by molar-refractivity contribution is 5.22. The quantitative estimate of drug-likeness (QED) is 0.481. The summed E-state index contributed by atoms with van der Waals surface area (Å²) in [5, 5.41) is 0. The third-order valence-corrected chi connectivity index (χ3v) is 1.80. The highest BCUT2D eigenvalue weighted by Crippen LogP contribution is 2.35. The van der Waals surface area contributed by atoms with E-state index in [1.807, 2.05) is 0 Å². The fourth-order valence-corrected chi connectivity index (χ4v) is 1.22. The van der Waals surface area contributed by atoms with Crippen molar-refractivity contribution in [2.24, 2.45) is 0 Å². The molecule has 0 N–H and O–H groups in total. The smallest absolute Gasteiger partial charge is 0.148 e. The van der Waals surface area contributed by atoms with Crippen LogP contribution in [0.1, 0.15) is 26.2 Å². The Morgan fingerprint density at radius 3 is 2.45 bits per heavy atom. The monoisotopic (exact) mass is 163 g/mol. The molecule has 0 atom stereocenters. The minimum absolute atomic E-state index is 0.181. The Balaban J connectivity index is 2.71. The number of halogens is 3. The summed E-state index contributed by atoms with van der Waals surface area (Å²) in [6.45, 7) is 1.74. The van der Waals surface area contributed by atoms with E-state index in [0.717, 1.165) is 12.3 Å². The minimum Gasteiger partial charge on any atom is -0.148 e. The SMILES string of the molecule is C[C+]1C=C(C(F)(F)F)CCC1. The summed E-state index contributed by atoms with van der Waals surface area (Å²) in [6, 6.07) is 0. The zero-order valence-corrected chi connectivity index (χ0v) is 6.33. The van der Waals surface area contributed by atoms with E-state index < -0.39 is 6.18 Å². The van der Waals surface area contributed by atoms with Crippen LogP contribution in [0.25, 0.3) is 0 Å². The van der Waals surface area contributed by atoms with Crippen molar-refractivity contribution in [1.82, 2.24) is 0 Å². The van der Waals surface area contributed by atoms with E-state index in [2.05, 4.69) is 0 Å². The molecule has 0 bridgehead atoms. The lowest BCUT2D eigenvalue weighted by atomic mass is 9.92. The predicted molar refractivity (Wildman–Crippen MR) is 36.9 cm³/mol. The summed E-state index contributed by atoms with van der Waals surface area (Å²) < 4.78 is 36.1. The number of rotatable bonds is 0. The average Bonchev–Trinajstić information content (AvgIpc) is 1.86. The van der Waals surface area contributed by atoms with E-state index in [9.17, 15) is 13.2 Å². The number of hydrogen-bond donors (Lipinski definition) is 0. The molecule has 0 unspecified atom stereocenters. The summed E-state index contributed by atoms with van der Waals surface area (Å²) in [5.41, 5.74) is -0.374. The molecular weight excluding hydrogens is 153 g/mol. The van der Waals surface area contributed by atoms with Gasteiger partial charge < -0.3 is 0 Å². The molecule has 0 aliphatic heterocycles. The van der Waals surface area contributed by atoms with E-state index in [1.54, 1.807) is 6.92 Å². The van der Waals surface area contributed by atoms with Crippen molar-refractivity contribution in [3.8, 4) is 0 Å². The van der Waals surface area contributed by atoms with Crippen LogP contribution in [0.3, 0.4) is 0 Å². The molecule has 62 valence electrons. The maximum Gasteiger partial charge on any atom is 0.486 e. The lowest BCUT2D eigenvalue weighted by Gasteiger charge is -2.10. The van der Waals surface area contributed by atoms with Crippen LogP contribution in [0.2, 0.25) is 0 Å². The van der Waals surface area contributed by atoms with Crippen LogP contribution >= 0.6 is 0 Å². The second kappa shape index (κ2) is 2.80. The first kappa shape index (κ1) is 8.50. The summed E-state index contributed by atoms with van der Waals surface area (Å²) in [5.74, 6) is 0.837. The van der Waals surface area contributed by atoms with Gasteiger partial charge in [-0.15, -0.1) is 13.2 Å². The van der Waals surface area contributed by atoms with E-state index >= 15 is 0 Å². The van der Waals surface area contributed by atoms with E-state index in [-0.39, 0.29) is 12.0 Å². The Morgan fingerprint density at radius 2 is 2.09 bits per heavy atom. The van der Waals surface area contributed by atoms with Crippen molar-refractivity contribution in [2.45, 2.75) is 32.4 Å². The second-order valence-electron chi connectivity index (χ2n) is 2.87. The molecule has 0 saturated heterocycles. The lowest BCUT2D eigenvalue weighted by Crippen LogP contribution is -2.15. The van der Waals surface area contributed by atoms with Gasteiger partial charge in [0.15, 0.2) is 5.57 Å². The molecule has 0 aromatic heterocycles. The van der Waals surface area contributed by atoms with Gasteiger partial charge in [-0.05, 0) is 6.42 Å². The van der Waals surface area contributed by atoms with Crippen LogP contribution < -0.4 is 0 Å². The molecule has 0 aromatic carbocycles. The molecule has 0 aromatic rings. The summed E-state index contributed by atoms with van der Waals surface area (Å²) in [7, 11) is 0. The van der Waals surface area contributed by atoms with Gasteiger partial charge >= 0.3 is 6.18 Å². The van der Waals surface area contributed by atoms with Crippen LogP contribution in [0.4, 0.5) is 13.2 Å². The maximum absolute atomic E-state index is 12.0. The Kier molecular flexibility index (Phi) is 2.16. The standard InChI is InChI=1S/C8H10F3/c1-6-3-2-4-7(5-6)8(9,10)11/h5H,2-4H2,1H3/q+1. The Labute approximate surface area is 64.1 Å². The fourth-order valence-electron chi connectivity index (χ4n) is 1.22. The topological polar surface area (TPSA) is 0 Å². The van der Waals surface area contributed by atoms with E-state index in [4.69, 9.17) is 0 Å². The average molecular weight is 163 g/mol. The second-order valence-corrected chi connectivity index (χ2v) is 2.87. The van der Waals surface area contributed by atoms with Gasteiger partial charge in [0.05, 0.1) is 5.92 Å². The molecular formula is C8H10F3+. The van der Waals surface area contributed by atoms with Gasteiger partial charge in [0.2, 0.25) is 0 Å². The first-order valence-electron chi connectivity index (χ1n) is 3.60. The van der Waals surface area contributed by atoms with Crippen molar-refractivity contribution >= 4 is 0 Å². The molecule has 1 rings (SSSR count). The summed E-state index contributed by atoms with van der Waals surface area (Å²) in [6.07, 6.45) is -1.22. The van der Waals surface area contributed by atoms with Crippen molar-refractivity contribution < 1.29 is 13.2 Å². The van der Waals surface area contributed by atoms with Crippen LogP contribution in [-0.4, -0.2) is 6.18 Å². The normalized spacial score (nSPS) is 20.0. The molecule has 0 heterocycles. The van der Waals surface area contributed by atoms with E-state index in [1.165, 1.54) is 6.08 Å².